The highest BCUT2D eigenvalue weighted by molar-refractivity contribution is 7.85. The molecule has 0 radical (unpaired) electrons. The van der Waals surface area contributed by atoms with Crippen LogP contribution in [0.5, 0.6) is 0 Å². The van der Waals surface area contributed by atoms with E-state index in [9.17, 15) is 28.0 Å². The van der Waals surface area contributed by atoms with Crippen molar-refractivity contribution in [1.82, 2.24) is 5.32 Å². The Bertz CT molecular complexity index is 860. The zero-order valence-electron chi connectivity index (χ0n) is 30.5. The zero-order valence-corrected chi connectivity index (χ0v) is 31.3. The number of hydrogen-bond donors (Lipinski definition) is 4. The van der Waals surface area contributed by atoms with Crippen molar-refractivity contribution in [2.45, 2.75) is 212 Å². The molecule has 1 amide bonds. The van der Waals surface area contributed by atoms with Crippen molar-refractivity contribution in [1.29, 1.82) is 0 Å². The van der Waals surface area contributed by atoms with Gasteiger partial charge in [-0.2, -0.15) is 8.42 Å². The number of aliphatic hydroxyl groups is 2. The fourth-order valence-electron chi connectivity index (χ4n) is 5.94. The lowest BCUT2D eigenvalue weighted by atomic mass is 10.0. The predicted molar refractivity (Wildman–Crippen MR) is 199 cm³/mol. The van der Waals surface area contributed by atoms with E-state index in [1.165, 1.54) is 134 Å². The SMILES string of the molecule is CCCCCCCCC/C=C/CC/C=C/C(O)C(CS(=O)(=O)O)NC(=O)C(O)CCCCCCCCCCCCCCCCCCC. The van der Waals surface area contributed by atoms with Crippen LogP contribution in [0.25, 0.3) is 0 Å². The number of allylic oxidation sites excluding steroid dienone is 3. The van der Waals surface area contributed by atoms with Crippen molar-refractivity contribution in [2.75, 3.05) is 5.75 Å². The van der Waals surface area contributed by atoms with Crippen LogP contribution in [0.1, 0.15) is 194 Å². The van der Waals surface area contributed by atoms with Gasteiger partial charge in [-0.25, -0.2) is 0 Å². The number of rotatable bonds is 35. The van der Waals surface area contributed by atoms with Gasteiger partial charge in [0, 0.05) is 0 Å². The van der Waals surface area contributed by atoms with Gasteiger partial charge in [-0.05, 0) is 32.1 Å². The first-order chi connectivity index (χ1) is 22.7. The Kier molecular flexibility index (Phi) is 32.4. The van der Waals surface area contributed by atoms with Crippen LogP contribution in [0, 0.1) is 0 Å². The van der Waals surface area contributed by atoms with Crippen molar-refractivity contribution in [3.63, 3.8) is 0 Å². The lowest BCUT2D eigenvalue weighted by molar-refractivity contribution is -0.130. The Morgan fingerprint density at radius 1 is 0.574 bits per heavy atom. The summed E-state index contributed by atoms with van der Waals surface area (Å²) in [4.78, 5) is 12.6. The van der Waals surface area contributed by atoms with E-state index in [4.69, 9.17) is 0 Å². The number of hydrogen-bond acceptors (Lipinski definition) is 5. The molecular formula is C39H75NO6S. The summed E-state index contributed by atoms with van der Waals surface area (Å²) >= 11 is 0. The van der Waals surface area contributed by atoms with Gasteiger partial charge in [0.1, 0.15) is 6.10 Å². The van der Waals surface area contributed by atoms with E-state index in [0.717, 1.165) is 32.1 Å². The van der Waals surface area contributed by atoms with Gasteiger partial charge >= 0.3 is 0 Å². The van der Waals surface area contributed by atoms with E-state index in [-0.39, 0.29) is 6.42 Å². The first kappa shape index (κ1) is 45.8. The average Bonchev–Trinajstić information content (AvgIpc) is 3.03. The van der Waals surface area contributed by atoms with Gasteiger partial charge in [0.2, 0.25) is 5.91 Å². The van der Waals surface area contributed by atoms with Gasteiger partial charge in [0.25, 0.3) is 10.1 Å². The smallest absolute Gasteiger partial charge is 0.267 e. The summed E-state index contributed by atoms with van der Waals surface area (Å²) < 4.78 is 32.4. The molecule has 0 aromatic carbocycles. The molecule has 3 unspecified atom stereocenters. The second kappa shape index (κ2) is 33.3. The minimum Gasteiger partial charge on any atom is -0.387 e. The second-order valence-corrected chi connectivity index (χ2v) is 15.2. The molecule has 0 aliphatic heterocycles. The third kappa shape index (κ3) is 33.1. The van der Waals surface area contributed by atoms with E-state index in [1.807, 2.05) is 0 Å². The number of unbranched alkanes of at least 4 members (excludes halogenated alkanes) is 24. The molecule has 7 nitrogen and oxygen atoms in total. The van der Waals surface area contributed by atoms with Gasteiger partial charge in [0.15, 0.2) is 0 Å². The molecule has 0 spiro atoms. The molecule has 3 atom stereocenters. The van der Waals surface area contributed by atoms with E-state index >= 15 is 0 Å². The molecule has 0 aromatic heterocycles. The molecule has 0 saturated heterocycles. The van der Waals surface area contributed by atoms with Crippen molar-refractivity contribution >= 4 is 16.0 Å². The Morgan fingerprint density at radius 3 is 1.40 bits per heavy atom. The van der Waals surface area contributed by atoms with Crippen molar-refractivity contribution in [3.8, 4) is 0 Å². The molecule has 0 aliphatic carbocycles. The van der Waals surface area contributed by atoms with Crippen LogP contribution in [-0.4, -0.2) is 53.1 Å². The summed E-state index contributed by atoms with van der Waals surface area (Å²) in [6.07, 6.45) is 38.1. The molecule has 4 N–H and O–H groups in total. The number of carbonyl (C=O) groups excluding carboxylic acids is 1. The maximum atomic E-state index is 12.6. The van der Waals surface area contributed by atoms with Crippen LogP contribution in [0.2, 0.25) is 0 Å². The summed E-state index contributed by atoms with van der Waals surface area (Å²) in [5.41, 5.74) is 0. The van der Waals surface area contributed by atoms with Crippen LogP contribution in [0.15, 0.2) is 24.3 Å². The second-order valence-electron chi connectivity index (χ2n) is 13.7. The molecule has 47 heavy (non-hydrogen) atoms. The normalized spacial score (nSPS) is 14.2. The first-order valence-electron chi connectivity index (χ1n) is 19.6. The molecule has 278 valence electrons. The molecule has 0 bridgehead atoms. The molecule has 8 heteroatoms. The van der Waals surface area contributed by atoms with Crippen LogP contribution in [0.4, 0.5) is 0 Å². The molecule has 0 aliphatic rings. The van der Waals surface area contributed by atoms with Crippen molar-refractivity contribution in [3.05, 3.63) is 24.3 Å². The Hall–Kier alpha value is -1.22. The molecular weight excluding hydrogens is 610 g/mol. The summed E-state index contributed by atoms with van der Waals surface area (Å²) in [6.45, 7) is 4.49. The lowest BCUT2D eigenvalue weighted by Gasteiger charge is -2.22. The molecule has 0 saturated carbocycles. The highest BCUT2D eigenvalue weighted by Gasteiger charge is 2.27. The highest BCUT2D eigenvalue weighted by Crippen LogP contribution is 2.15. The highest BCUT2D eigenvalue weighted by atomic mass is 32.2. The molecule has 0 heterocycles. The maximum absolute atomic E-state index is 12.6. The van der Waals surface area contributed by atoms with E-state index in [2.05, 4.69) is 31.3 Å². The first-order valence-corrected chi connectivity index (χ1v) is 21.3. The fourth-order valence-corrected chi connectivity index (χ4v) is 6.68. The van der Waals surface area contributed by atoms with Gasteiger partial charge < -0.3 is 15.5 Å². The quantitative estimate of drug-likeness (QED) is 0.0299. The van der Waals surface area contributed by atoms with Crippen molar-refractivity contribution < 1.29 is 28.0 Å². The predicted octanol–water partition coefficient (Wildman–Crippen LogP) is 10.2. The molecule has 0 aromatic rings. The van der Waals surface area contributed by atoms with Crippen LogP contribution in [-0.2, 0) is 14.9 Å². The number of amides is 1. The van der Waals surface area contributed by atoms with E-state index in [0.29, 0.717) is 12.8 Å². The fraction of sp³-hybridized carbons (Fsp3) is 0.872. The summed E-state index contributed by atoms with van der Waals surface area (Å²) in [5, 5.41) is 23.3. The van der Waals surface area contributed by atoms with Crippen LogP contribution in [0.3, 0.4) is 0 Å². The van der Waals surface area contributed by atoms with Crippen molar-refractivity contribution in [2.24, 2.45) is 0 Å². The maximum Gasteiger partial charge on any atom is 0.267 e. The minimum atomic E-state index is -4.44. The lowest BCUT2D eigenvalue weighted by Crippen LogP contribution is -2.50. The molecule has 0 fully saturated rings. The summed E-state index contributed by atoms with van der Waals surface area (Å²) in [6, 6.07) is -1.24. The Morgan fingerprint density at radius 2 is 0.957 bits per heavy atom. The van der Waals surface area contributed by atoms with Crippen LogP contribution < -0.4 is 5.32 Å². The van der Waals surface area contributed by atoms with Gasteiger partial charge in [-0.3, -0.25) is 9.35 Å². The van der Waals surface area contributed by atoms with E-state index in [1.54, 1.807) is 6.08 Å². The average molecular weight is 686 g/mol. The van der Waals surface area contributed by atoms with E-state index < -0.39 is 40.0 Å². The summed E-state index contributed by atoms with van der Waals surface area (Å²) in [5.74, 6) is -1.55. The number of aliphatic hydroxyl groups excluding tert-OH is 2. The Balaban J connectivity index is 4.07. The van der Waals surface area contributed by atoms with Gasteiger partial charge in [-0.15, -0.1) is 0 Å². The number of nitrogens with one attached hydrogen (secondary N) is 1. The standard InChI is InChI=1S/C39H75NO6S/c1-3-5-7-9-11-13-15-17-18-19-20-22-24-26-28-30-32-34-38(42)39(43)40-36(35-47(44,45)46)37(41)33-31-29-27-25-23-21-16-14-12-10-8-6-4-2/h23,25,31,33,36-38,41-42H,3-22,24,26-30,32,34-35H2,1-2H3,(H,40,43)(H,44,45,46)/b25-23+,33-31+. The number of carbonyl (C=O) groups is 1. The summed E-state index contributed by atoms with van der Waals surface area (Å²) in [7, 11) is -4.44. The Labute approximate surface area is 290 Å². The van der Waals surface area contributed by atoms with Crippen LogP contribution >= 0.6 is 0 Å². The third-order valence-electron chi connectivity index (χ3n) is 8.99. The third-order valence-corrected chi connectivity index (χ3v) is 9.77. The van der Waals surface area contributed by atoms with Gasteiger partial charge in [0.05, 0.1) is 17.9 Å². The van der Waals surface area contributed by atoms with Gasteiger partial charge in [-0.1, -0.05) is 186 Å². The monoisotopic (exact) mass is 686 g/mol. The molecule has 0 rings (SSSR count). The minimum absolute atomic E-state index is 0.278. The zero-order chi connectivity index (χ0) is 34.9. The largest absolute Gasteiger partial charge is 0.387 e. The topological polar surface area (TPSA) is 124 Å².